The molecule has 3 aliphatic rings. The largest absolute Gasteiger partial charge is 0.496 e. The van der Waals surface area contributed by atoms with Gasteiger partial charge in [-0.3, -0.25) is 9.59 Å². The molecule has 0 bridgehead atoms. The molecular weight excluding hydrogens is 330 g/mol. The Morgan fingerprint density at radius 3 is 3.04 bits per heavy atom. The summed E-state index contributed by atoms with van der Waals surface area (Å²) in [5.74, 6) is -7.21. The maximum Gasteiger partial charge on any atom is 0.311 e. The zero-order valence-electron chi connectivity index (χ0n) is 19.7. The SMILES string of the molecule is [2H]C1C=C(OC)C(C(=O)N2CCCc3ccccc32)=C2OC(=O)C([2H])([2H])C([2H])(C)C21[2H]. The summed E-state index contributed by atoms with van der Waals surface area (Å²) in [5, 5.41) is 0. The molecule has 1 amide bonds. The fourth-order valence-electron chi connectivity index (χ4n) is 3.56. The average molecular weight is 358 g/mol. The number of anilines is 1. The van der Waals surface area contributed by atoms with Gasteiger partial charge < -0.3 is 14.4 Å². The summed E-state index contributed by atoms with van der Waals surface area (Å²) in [7, 11) is 1.30. The second-order valence-electron chi connectivity index (χ2n) is 6.35. The topological polar surface area (TPSA) is 55.8 Å². The van der Waals surface area contributed by atoms with Gasteiger partial charge in [0.05, 0.1) is 7.11 Å². The maximum absolute atomic E-state index is 13.7. The van der Waals surface area contributed by atoms with Crippen LogP contribution in [0.15, 0.2) is 47.4 Å². The lowest BCUT2D eigenvalue weighted by molar-refractivity contribution is -0.146. The van der Waals surface area contributed by atoms with E-state index in [0.717, 1.165) is 18.9 Å². The van der Waals surface area contributed by atoms with E-state index in [1.165, 1.54) is 18.1 Å². The van der Waals surface area contributed by atoms with E-state index < -0.39 is 42.2 Å². The predicted molar refractivity (Wildman–Crippen MR) is 97.2 cm³/mol. The molecule has 5 nitrogen and oxygen atoms in total. The number of benzene rings is 1. The first kappa shape index (κ1) is 11.9. The third-order valence-corrected chi connectivity index (χ3v) is 4.80. The number of amides is 1. The fourth-order valence-corrected chi connectivity index (χ4v) is 3.56. The van der Waals surface area contributed by atoms with E-state index in [0.29, 0.717) is 18.7 Å². The lowest BCUT2D eigenvalue weighted by Crippen LogP contribution is -2.40. The number of rotatable bonds is 2. The van der Waals surface area contributed by atoms with Crippen molar-refractivity contribution in [1.29, 1.82) is 0 Å². The first-order valence-electron chi connectivity index (χ1n) is 11.1. The Hall–Kier alpha value is -2.56. The first-order valence-corrected chi connectivity index (χ1v) is 8.53. The predicted octanol–water partition coefficient (Wildman–Crippen LogP) is 3.35. The molecule has 5 heteroatoms. The van der Waals surface area contributed by atoms with Crippen molar-refractivity contribution in [1.82, 2.24) is 0 Å². The van der Waals surface area contributed by atoms with Crippen LogP contribution in [0.1, 0.15) is 38.5 Å². The molecule has 26 heavy (non-hydrogen) atoms. The number of fused-ring (bicyclic) bond motifs is 2. The van der Waals surface area contributed by atoms with Crippen molar-refractivity contribution in [3.05, 3.63) is 53.0 Å². The smallest absolute Gasteiger partial charge is 0.311 e. The highest BCUT2D eigenvalue weighted by atomic mass is 16.5. The van der Waals surface area contributed by atoms with Crippen LogP contribution in [-0.2, 0) is 25.5 Å². The quantitative estimate of drug-likeness (QED) is 0.761. The van der Waals surface area contributed by atoms with Gasteiger partial charge in [0.1, 0.15) is 17.1 Å². The molecule has 1 saturated heterocycles. The number of hydrogen-bond acceptors (Lipinski definition) is 4. The average Bonchev–Trinajstić information content (AvgIpc) is 2.74. The minimum absolute atomic E-state index is 0.0306. The van der Waals surface area contributed by atoms with E-state index in [1.807, 2.05) is 12.1 Å². The third-order valence-electron chi connectivity index (χ3n) is 4.80. The minimum atomic E-state index is -2.85. The van der Waals surface area contributed by atoms with Crippen LogP contribution in [0.5, 0.6) is 0 Å². The van der Waals surface area contributed by atoms with E-state index >= 15 is 0 Å². The van der Waals surface area contributed by atoms with Crippen LogP contribution < -0.4 is 4.90 Å². The molecule has 0 saturated carbocycles. The number of aryl methyl sites for hydroxylation is 1. The second kappa shape index (κ2) is 6.63. The summed E-state index contributed by atoms with van der Waals surface area (Å²) < 4.78 is 52.7. The summed E-state index contributed by atoms with van der Waals surface area (Å²) in [4.78, 5) is 27.7. The third kappa shape index (κ3) is 2.71. The van der Waals surface area contributed by atoms with Crippen LogP contribution in [0, 0.1) is 11.8 Å². The second-order valence-corrected chi connectivity index (χ2v) is 6.35. The number of nitrogens with zero attached hydrogens (tertiary/aromatic N) is 1. The Morgan fingerprint density at radius 1 is 1.42 bits per heavy atom. The summed E-state index contributed by atoms with van der Waals surface area (Å²) in [6, 6.07) is 7.41. The van der Waals surface area contributed by atoms with Gasteiger partial charge in [-0.05, 0) is 42.8 Å². The van der Waals surface area contributed by atoms with E-state index in [4.69, 9.17) is 16.3 Å². The standard InChI is InChI=1S/C21H23NO4/c1-13-12-18(23)26-20-15(13)9-10-17(25-2)19(20)21(24)22-11-5-7-14-6-3-4-8-16(14)22/h3-4,6,8,10,13,15H,5,7,9,11-12H2,1-2H3/i9D,12D2,13D,15D. The zero-order valence-corrected chi connectivity index (χ0v) is 14.7. The minimum Gasteiger partial charge on any atom is -0.496 e. The van der Waals surface area contributed by atoms with Crippen molar-refractivity contribution in [2.75, 3.05) is 18.6 Å². The summed E-state index contributed by atoms with van der Waals surface area (Å²) in [6.45, 7) is 1.48. The molecule has 3 atom stereocenters. The molecule has 0 spiro atoms. The van der Waals surface area contributed by atoms with Crippen molar-refractivity contribution in [2.24, 2.45) is 11.8 Å². The number of para-hydroxylation sites is 1. The molecule has 136 valence electrons. The van der Waals surface area contributed by atoms with Gasteiger partial charge >= 0.3 is 5.97 Å². The van der Waals surface area contributed by atoms with Crippen LogP contribution in [0.4, 0.5) is 5.69 Å². The van der Waals surface area contributed by atoms with Crippen LogP contribution in [0.3, 0.4) is 0 Å². The van der Waals surface area contributed by atoms with Crippen molar-refractivity contribution < 1.29 is 25.9 Å². The van der Waals surface area contributed by atoms with E-state index in [2.05, 4.69) is 0 Å². The first-order chi connectivity index (χ1) is 14.5. The molecule has 4 rings (SSSR count). The van der Waals surface area contributed by atoms with Crippen LogP contribution >= 0.6 is 0 Å². The molecule has 1 aliphatic carbocycles. The number of hydrogen-bond donors (Lipinski definition) is 0. The summed E-state index contributed by atoms with van der Waals surface area (Å²) in [5.41, 5.74) is 1.45. The van der Waals surface area contributed by atoms with E-state index in [1.54, 1.807) is 12.1 Å². The van der Waals surface area contributed by atoms with Gasteiger partial charge in [-0.2, -0.15) is 0 Å². The number of methoxy groups -OCH3 is 1. The number of carbonyl (C=O) groups excluding carboxylic acids is 2. The summed E-state index contributed by atoms with van der Waals surface area (Å²) >= 11 is 0. The Kier molecular flexibility index (Phi) is 3.05. The van der Waals surface area contributed by atoms with E-state index in [9.17, 15) is 9.59 Å². The Labute approximate surface area is 160 Å². The maximum atomic E-state index is 13.7. The highest BCUT2D eigenvalue weighted by Crippen LogP contribution is 2.42. The number of carbonyl (C=O) groups is 2. The summed E-state index contributed by atoms with van der Waals surface area (Å²) in [6.07, 6.45) is -1.61. The molecule has 2 heterocycles. The van der Waals surface area contributed by atoms with Gasteiger partial charge in [0, 0.05) is 31.4 Å². The van der Waals surface area contributed by atoms with Gasteiger partial charge in [0.2, 0.25) is 0 Å². The zero-order chi connectivity index (χ0) is 22.8. The van der Waals surface area contributed by atoms with Gasteiger partial charge in [-0.1, -0.05) is 25.1 Å². The van der Waals surface area contributed by atoms with Gasteiger partial charge in [0.25, 0.3) is 5.91 Å². The molecular formula is C21H23NO4. The molecule has 1 fully saturated rings. The molecule has 0 aromatic heterocycles. The number of esters is 1. The molecule has 0 N–H and O–H groups in total. The van der Waals surface area contributed by atoms with Crippen LogP contribution in [0.25, 0.3) is 0 Å². The van der Waals surface area contributed by atoms with Crippen LogP contribution in [-0.4, -0.2) is 25.5 Å². The number of ether oxygens (including phenoxy) is 2. The van der Waals surface area contributed by atoms with Crippen molar-refractivity contribution in [3.63, 3.8) is 0 Å². The Morgan fingerprint density at radius 2 is 2.23 bits per heavy atom. The molecule has 3 unspecified atom stereocenters. The molecule has 2 aliphatic heterocycles. The number of allylic oxidation sites excluding steroid dienone is 2. The molecule has 1 aromatic rings. The molecule has 0 radical (unpaired) electrons. The fraction of sp³-hybridized carbons (Fsp3) is 0.429. The highest BCUT2D eigenvalue weighted by Gasteiger charge is 2.41. The highest BCUT2D eigenvalue weighted by molar-refractivity contribution is 6.09. The monoisotopic (exact) mass is 358 g/mol. The Balaban J connectivity index is 1.93. The normalized spacial score (nSPS) is 38.3. The molecule has 1 aromatic carbocycles. The van der Waals surface area contributed by atoms with Gasteiger partial charge in [-0.25, -0.2) is 0 Å². The lowest BCUT2D eigenvalue weighted by atomic mass is 9.79. The van der Waals surface area contributed by atoms with Gasteiger partial charge in [0.15, 0.2) is 0 Å². The Bertz CT molecular complexity index is 1030. The van der Waals surface area contributed by atoms with Crippen molar-refractivity contribution in [3.8, 4) is 0 Å². The van der Waals surface area contributed by atoms with E-state index in [-0.39, 0.29) is 11.3 Å². The van der Waals surface area contributed by atoms with Crippen molar-refractivity contribution >= 4 is 17.6 Å². The lowest BCUT2D eigenvalue weighted by Gasteiger charge is -2.36. The van der Waals surface area contributed by atoms with Gasteiger partial charge in [-0.15, -0.1) is 0 Å². The van der Waals surface area contributed by atoms with Crippen molar-refractivity contribution in [2.45, 2.75) is 32.5 Å². The van der Waals surface area contributed by atoms with Crippen LogP contribution in [0.2, 0.25) is 0 Å².